The largest absolute Gasteiger partial charge is 0.491 e. The zero-order chi connectivity index (χ0) is 9.19. The number of ether oxygens (including phenoxy) is 3. The van der Waals surface area contributed by atoms with Crippen molar-refractivity contribution in [3.63, 3.8) is 0 Å². The number of hydrogen-bond donors (Lipinski definition) is 0. The molecule has 1 saturated heterocycles. The topological polar surface area (TPSA) is 44.8 Å². The molecule has 73 valence electrons. The zero-order valence-corrected chi connectivity index (χ0v) is 10.9. The molecule has 1 radical (unpaired) electrons. The number of carbonyl (C=O) groups excluding carboxylic acids is 1. The van der Waals surface area contributed by atoms with Crippen LogP contribution in [0.5, 0.6) is 0 Å². The van der Waals surface area contributed by atoms with E-state index in [-0.39, 0.29) is 44.8 Å². The average molecular weight is 262 g/mol. The fourth-order valence-electron chi connectivity index (χ4n) is 1.02. The van der Waals surface area contributed by atoms with E-state index >= 15 is 0 Å². The van der Waals surface area contributed by atoms with Crippen LogP contribution in [0.4, 0.5) is 0 Å². The minimum atomic E-state index is -0.588. The van der Waals surface area contributed by atoms with Crippen molar-refractivity contribution in [2.24, 2.45) is 0 Å². The molecule has 0 N–H and O–H groups in total. The van der Waals surface area contributed by atoms with Gasteiger partial charge in [0.2, 0.25) is 0 Å². The Morgan fingerprint density at radius 1 is 1.62 bits per heavy atom. The van der Waals surface area contributed by atoms with E-state index < -0.39 is 5.79 Å². The number of rotatable bonds is 2. The van der Waals surface area contributed by atoms with Gasteiger partial charge in [-0.05, 0) is 20.0 Å². The van der Waals surface area contributed by atoms with E-state index in [2.05, 4.69) is 4.74 Å². The van der Waals surface area contributed by atoms with Crippen LogP contribution in [-0.4, -0.2) is 31.6 Å². The van der Waals surface area contributed by atoms with Crippen molar-refractivity contribution in [2.75, 3.05) is 13.7 Å². The predicted molar refractivity (Wildman–Crippen MR) is 41.2 cm³/mol. The maximum Gasteiger partial charge on any atom is 0.168 e. The number of hydrogen-bond acceptors (Lipinski definition) is 4. The molecule has 1 atom stereocenters. The number of esters is 1. The van der Waals surface area contributed by atoms with Crippen LogP contribution < -0.4 is 0 Å². The first-order valence-corrected chi connectivity index (χ1v) is 3.78. The van der Waals surface area contributed by atoms with Crippen LogP contribution in [0.1, 0.15) is 13.8 Å². The summed E-state index contributed by atoms with van der Waals surface area (Å²) in [7, 11) is 1.33. The van der Waals surface area contributed by atoms with Crippen LogP contribution in [0.3, 0.4) is 0 Å². The van der Waals surface area contributed by atoms with Gasteiger partial charge in [0, 0.05) is 32.7 Å². The number of methoxy groups -OCH3 is 1. The Morgan fingerprint density at radius 2 is 2.23 bits per heavy atom. The molecule has 13 heavy (non-hydrogen) atoms. The summed E-state index contributed by atoms with van der Waals surface area (Å²) in [5.74, 6) is -0.976. The van der Waals surface area contributed by atoms with Crippen molar-refractivity contribution < 1.29 is 51.7 Å². The Morgan fingerprint density at radius 3 is 2.62 bits per heavy atom. The Labute approximate surface area is 103 Å². The summed E-state index contributed by atoms with van der Waals surface area (Å²) in [6.07, 6.45) is 1.09. The second-order valence-corrected chi connectivity index (χ2v) is 3.06. The quantitative estimate of drug-likeness (QED) is 0.537. The molecular formula is C8H13O4Y-. The zero-order valence-electron chi connectivity index (χ0n) is 8.07. The first-order valence-electron chi connectivity index (χ1n) is 3.78. The minimum absolute atomic E-state index is 0. The van der Waals surface area contributed by atoms with Crippen molar-refractivity contribution >= 4 is 5.97 Å². The predicted octanol–water partition coefficient (Wildman–Crippen LogP) is 0.513. The molecule has 1 unspecified atom stereocenters. The van der Waals surface area contributed by atoms with Crippen LogP contribution in [0.15, 0.2) is 0 Å². The summed E-state index contributed by atoms with van der Waals surface area (Å²) in [5.41, 5.74) is 0. The molecule has 1 aliphatic heterocycles. The van der Waals surface area contributed by atoms with Crippen molar-refractivity contribution in [2.45, 2.75) is 25.7 Å². The Hall–Kier alpha value is 0.364. The fraction of sp³-hybridized carbons (Fsp3) is 0.750. The summed E-state index contributed by atoms with van der Waals surface area (Å²) < 4.78 is 15.0. The second kappa shape index (κ2) is 5.30. The van der Waals surface area contributed by atoms with Gasteiger partial charge in [-0.25, -0.2) is 0 Å². The summed E-state index contributed by atoms with van der Waals surface area (Å²) in [6, 6.07) is 0. The Balaban J connectivity index is 0.00000144. The molecule has 0 aromatic rings. The third-order valence-electron chi connectivity index (χ3n) is 1.55. The maximum atomic E-state index is 10.8. The summed E-state index contributed by atoms with van der Waals surface area (Å²) in [5, 5.41) is 0. The molecule has 0 bridgehead atoms. The molecule has 1 rings (SSSR count). The van der Waals surface area contributed by atoms with Gasteiger partial charge in [-0.15, -0.1) is 0 Å². The van der Waals surface area contributed by atoms with Crippen LogP contribution in [-0.2, 0) is 51.7 Å². The molecule has 0 saturated carbocycles. The van der Waals surface area contributed by atoms with Gasteiger partial charge in [-0.1, -0.05) is 0 Å². The summed E-state index contributed by atoms with van der Waals surface area (Å²) in [6.45, 7) is 4.01. The van der Waals surface area contributed by atoms with Crippen LogP contribution in [0.25, 0.3) is 0 Å². The number of carbonyl (C=O) groups is 1. The minimum Gasteiger partial charge on any atom is -0.491 e. The normalized spacial score (nSPS) is 24.7. The van der Waals surface area contributed by atoms with E-state index in [1.807, 2.05) is 0 Å². The van der Waals surface area contributed by atoms with Crippen molar-refractivity contribution in [1.82, 2.24) is 0 Å². The van der Waals surface area contributed by atoms with Crippen molar-refractivity contribution in [3.8, 4) is 0 Å². The third-order valence-corrected chi connectivity index (χ3v) is 1.55. The molecule has 0 aliphatic carbocycles. The molecule has 5 heteroatoms. The molecule has 4 nitrogen and oxygen atoms in total. The van der Waals surface area contributed by atoms with Gasteiger partial charge in [0.25, 0.3) is 0 Å². The van der Waals surface area contributed by atoms with Crippen molar-refractivity contribution in [3.05, 3.63) is 6.42 Å². The van der Waals surface area contributed by atoms with Crippen LogP contribution in [0.2, 0.25) is 0 Å². The average Bonchev–Trinajstić information content (AvgIpc) is 2.30. The smallest absolute Gasteiger partial charge is 0.168 e. The molecule has 0 spiro atoms. The fourth-order valence-corrected chi connectivity index (χ4v) is 1.02. The van der Waals surface area contributed by atoms with Crippen molar-refractivity contribution in [1.29, 1.82) is 0 Å². The molecule has 0 aromatic carbocycles. The first kappa shape index (κ1) is 13.4. The van der Waals surface area contributed by atoms with Gasteiger partial charge in [0.1, 0.15) is 0 Å². The van der Waals surface area contributed by atoms with Crippen LogP contribution >= 0.6 is 0 Å². The first-order chi connectivity index (χ1) is 5.53. The van der Waals surface area contributed by atoms with Gasteiger partial charge < -0.3 is 14.2 Å². The Bertz CT molecular complexity index is 181. The molecule has 0 aromatic heterocycles. The molecule has 1 heterocycles. The summed E-state index contributed by atoms with van der Waals surface area (Å²) in [4.78, 5) is 10.8. The van der Waals surface area contributed by atoms with E-state index in [0.717, 1.165) is 0 Å². The molecule has 0 amide bonds. The second-order valence-electron chi connectivity index (χ2n) is 3.06. The van der Waals surface area contributed by atoms with E-state index in [4.69, 9.17) is 9.47 Å². The third kappa shape index (κ3) is 4.40. The standard InChI is InChI=1S/C8H13O4.Y/c1-8(2)11-5-6(12-8)4-7(9)10-3;/h4,6H,5H2,1-3H3;/q-1;. The Kier molecular flexibility index (Phi) is 5.44. The van der Waals surface area contributed by atoms with E-state index in [9.17, 15) is 4.79 Å². The van der Waals surface area contributed by atoms with Gasteiger partial charge in [-0.2, -0.15) is 0 Å². The van der Waals surface area contributed by atoms with Gasteiger partial charge in [0.15, 0.2) is 11.8 Å². The van der Waals surface area contributed by atoms with Gasteiger partial charge in [0.05, 0.1) is 13.7 Å². The summed E-state index contributed by atoms with van der Waals surface area (Å²) >= 11 is 0. The SMILES string of the molecule is COC(=O)[CH-]C1COC(C)(C)O1.[Y]. The maximum absolute atomic E-state index is 10.8. The van der Waals surface area contributed by atoms with E-state index in [1.165, 1.54) is 13.5 Å². The van der Waals surface area contributed by atoms with Gasteiger partial charge in [-0.3, -0.25) is 11.2 Å². The molecule has 1 fully saturated rings. The monoisotopic (exact) mass is 262 g/mol. The molecule has 1 aliphatic rings. The van der Waals surface area contributed by atoms with E-state index in [1.54, 1.807) is 13.8 Å². The van der Waals surface area contributed by atoms with Gasteiger partial charge >= 0.3 is 0 Å². The molecular weight excluding hydrogens is 249 g/mol. The van der Waals surface area contributed by atoms with Crippen LogP contribution in [0, 0.1) is 6.42 Å². The van der Waals surface area contributed by atoms with E-state index in [0.29, 0.717) is 6.61 Å².